The molecule has 2 N–H and O–H groups in total. The molecule has 4 heteroatoms. The number of hydrogen-bond acceptors (Lipinski definition) is 3. The van der Waals surface area contributed by atoms with E-state index in [4.69, 9.17) is 0 Å². The average molecular weight is 368 g/mol. The van der Waals surface area contributed by atoms with Crippen molar-refractivity contribution >= 4 is 16.6 Å². The van der Waals surface area contributed by atoms with Crippen molar-refractivity contribution in [1.29, 1.82) is 0 Å². The summed E-state index contributed by atoms with van der Waals surface area (Å²) in [6.07, 6.45) is 5.34. The molecule has 0 bridgehead atoms. The fourth-order valence-electron chi connectivity index (χ4n) is 4.50. The van der Waals surface area contributed by atoms with Crippen molar-refractivity contribution in [2.45, 2.75) is 38.6 Å². The summed E-state index contributed by atoms with van der Waals surface area (Å²) in [4.78, 5) is 4.30. The van der Waals surface area contributed by atoms with Gasteiger partial charge < -0.3 is 5.32 Å². The van der Waals surface area contributed by atoms with E-state index < -0.39 is 0 Å². The Kier molecular flexibility index (Phi) is 3.93. The van der Waals surface area contributed by atoms with Gasteiger partial charge in [-0.15, -0.1) is 0 Å². The van der Waals surface area contributed by atoms with Gasteiger partial charge in [-0.25, -0.2) is 0 Å². The molecule has 1 aliphatic rings. The molecule has 2 aromatic heterocycles. The minimum absolute atomic E-state index is 0.0559. The van der Waals surface area contributed by atoms with Crippen LogP contribution in [0.5, 0.6) is 0 Å². The van der Waals surface area contributed by atoms with Gasteiger partial charge in [-0.05, 0) is 74.6 Å². The number of rotatable bonds is 3. The molecule has 0 fully saturated rings. The number of aromatic amines is 1. The maximum atomic E-state index is 4.57. The van der Waals surface area contributed by atoms with Gasteiger partial charge in [-0.3, -0.25) is 10.1 Å². The van der Waals surface area contributed by atoms with Gasteiger partial charge in [-0.2, -0.15) is 5.10 Å². The second-order valence-corrected chi connectivity index (χ2v) is 7.99. The lowest BCUT2D eigenvalue weighted by atomic mass is 9.77. The summed E-state index contributed by atoms with van der Waals surface area (Å²) in [7, 11) is 0. The number of nitrogens with one attached hydrogen (secondary N) is 2. The number of nitrogens with zero attached hydrogens (tertiary/aromatic N) is 2. The summed E-state index contributed by atoms with van der Waals surface area (Å²) in [5.41, 5.74) is 8.04. The number of aryl methyl sites for hydroxylation is 2. The second-order valence-electron chi connectivity index (χ2n) is 7.99. The van der Waals surface area contributed by atoms with Crippen LogP contribution in [0.3, 0.4) is 0 Å². The summed E-state index contributed by atoms with van der Waals surface area (Å²) < 4.78 is 0. The molecule has 1 unspecified atom stereocenters. The van der Waals surface area contributed by atoms with Crippen molar-refractivity contribution in [3.63, 3.8) is 0 Å². The molecule has 5 rings (SSSR count). The summed E-state index contributed by atoms with van der Waals surface area (Å²) in [6.45, 7) is 4.32. The molecular weight excluding hydrogens is 344 g/mol. The Morgan fingerprint density at radius 1 is 1.07 bits per heavy atom. The van der Waals surface area contributed by atoms with E-state index in [9.17, 15) is 0 Å². The molecule has 2 aromatic carbocycles. The van der Waals surface area contributed by atoms with Crippen molar-refractivity contribution in [1.82, 2.24) is 15.2 Å². The van der Waals surface area contributed by atoms with E-state index in [0.29, 0.717) is 0 Å². The first-order valence-electron chi connectivity index (χ1n) is 9.90. The Hall–Kier alpha value is -3.14. The molecular formula is C24H24N4. The molecule has 0 saturated heterocycles. The van der Waals surface area contributed by atoms with Crippen LogP contribution in [0, 0.1) is 6.92 Å². The van der Waals surface area contributed by atoms with E-state index in [2.05, 4.69) is 76.0 Å². The van der Waals surface area contributed by atoms with Gasteiger partial charge in [0.2, 0.25) is 0 Å². The number of hydrogen-bond donors (Lipinski definition) is 2. The standard InChI is InChI=1S/C24H24N4/c1-16-14-18(11-13-25-16)23-20-15-19(9-10-22(20)27-28-23)26-24(2)12-5-7-17-6-3-4-8-21(17)24/h3-4,6,8-11,13-15,26H,5,7,12H2,1-2H3,(H,27,28). The predicted molar refractivity (Wildman–Crippen MR) is 114 cm³/mol. The van der Waals surface area contributed by atoms with Crippen LogP contribution in [-0.4, -0.2) is 15.2 Å². The Labute approximate surface area is 165 Å². The third-order valence-corrected chi connectivity index (χ3v) is 5.89. The zero-order valence-electron chi connectivity index (χ0n) is 16.3. The molecule has 2 heterocycles. The molecule has 1 aliphatic carbocycles. The first-order valence-corrected chi connectivity index (χ1v) is 9.90. The third-order valence-electron chi connectivity index (χ3n) is 5.89. The predicted octanol–water partition coefficient (Wildman–Crippen LogP) is 5.60. The molecule has 28 heavy (non-hydrogen) atoms. The number of pyridine rings is 1. The topological polar surface area (TPSA) is 53.6 Å². The van der Waals surface area contributed by atoms with E-state index in [-0.39, 0.29) is 5.54 Å². The fraction of sp³-hybridized carbons (Fsp3) is 0.250. The van der Waals surface area contributed by atoms with Crippen molar-refractivity contribution < 1.29 is 0 Å². The Bertz CT molecular complexity index is 1160. The summed E-state index contributed by atoms with van der Waals surface area (Å²) in [5, 5.41) is 12.7. The van der Waals surface area contributed by atoms with Crippen molar-refractivity contribution in [2.75, 3.05) is 5.32 Å². The van der Waals surface area contributed by atoms with Crippen LogP contribution in [0.25, 0.3) is 22.2 Å². The first kappa shape index (κ1) is 17.0. The lowest BCUT2D eigenvalue weighted by Gasteiger charge is -2.37. The van der Waals surface area contributed by atoms with Crippen LogP contribution in [-0.2, 0) is 12.0 Å². The number of H-pyrrole nitrogens is 1. The highest BCUT2D eigenvalue weighted by molar-refractivity contribution is 5.95. The third kappa shape index (κ3) is 2.85. The summed E-state index contributed by atoms with van der Waals surface area (Å²) in [6, 6.07) is 19.4. The zero-order valence-corrected chi connectivity index (χ0v) is 16.3. The highest BCUT2D eigenvalue weighted by Gasteiger charge is 2.31. The van der Waals surface area contributed by atoms with E-state index in [1.165, 1.54) is 24.0 Å². The Morgan fingerprint density at radius 2 is 1.96 bits per heavy atom. The molecule has 0 aliphatic heterocycles. The van der Waals surface area contributed by atoms with Crippen LogP contribution in [0.1, 0.15) is 36.6 Å². The largest absolute Gasteiger partial charge is 0.376 e. The van der Waals surface area contributed by atoms with E-state index in [1.54, 1.807) is 0 Å². The van der Waals surface area contributed by atoms with E-state index >= 15 is 0 Å². The van der Waals surface area contributed by atoms with Gasteiger partial charge in [0.05, 0.1) is 11.1 Å². The van der Waals surface area contributed by atoms with Gasteiger partial charge in [0, 0.05) is 28.5 Å². The second kappa shape index (κ2) is 6.48. The summed E-state index contributed by atoms with van der Waals surface area (Å²) >= 11 is 0. The molecule has 0 spiro atoms. The monoisotopic (exact) mass is 368 g/mol. The molecule has 0 amide bonds. The molecule has 1 atom stereocenters. The number of aromatic nitrogens is 3. The lowest BCUT2D eigenvalue weighted by molar-refractivity contribution is 0.445. The van der Waals surface area contributed by atoms with Crippen molar-refractivity contribution in [2.24, 2.45) is 0 Å². The lowest BCUT2D eigenvalue weighted by Crippen LogP contribution is -2.35. The van der Waals surface area contributed by atoms with E-state index in [0.717, 1.165) is 40.0 Å². The van der Waals surface area contributed by atoms with Crippen LogP contribution in [0.2, 0.25) is 0 Å². The molecule has 140 valence electrons. The maximum Gasteiger partial charge on any atom is 0.100 e. The molecule has 0 radical (unpaired) electrons. The zero-order chi connectivity index (χ0) is 19.1. The van der Waals surface area contributed by atoms with Gasteiger partial charge >= 0.3 is 0 Å². The van der Waals surface area contributed by atoms with Gasteiger partial charge in [0.1, 0.15) is 5.69 Å². The fourth-order valence-corrected chi connectivity index (χ4v) is 4.50. The number of fused-ring (bicyclic) bond motifs is 2. The average Bonchev–Trinajstić information content (AvgIpc) is 3.11. The SMILES string of the molecule is Cc1cc(-c2n[nH]c3ccc(NC4(C)CCCc5ccccc54)cc23)ccn1. The quantitative estimate of drug-likeness (QED) is 0.495. The Morgan fingerprint density at radius 3 is 2.86 bits per heavy atom. The molecule has 4 aromatic rings. The highest BCUT2D eigenvalue weighted by Crippen LogP contribution is 2.38. The first-order chi connectivity index (χ1) is 13.6. The highest BCUT2D eigenvalue weighted by atomic mass is 15.1. The van der Waals surface area contributed by atoms with E-state index in [1.807, 2.05) is 19.2 Å². The van der Waals surface area contributed by atoms with Crippen LogP contribution >= 0.6 is 0 Å². The smallest absolute Gasteiger partial charge is 0.100 e. The van der Waals surface area contributed by atoms with Crippen LogP contribution < -0.4 is 5.32 Å². The maximum absolute atomic E-state index is 4.57. The normalized spacial score (nSPS) is 18.8. The minimum atomic E-state index is -0.0559. The van der Waals surface area contributed by atoms with Crippen molar-refractivity contribution in [3.8, 4) is 11.3 Å². The molecule has 4 nitrogen and oxygen atoms in total. The number of benzene rings is 2. The minimum Gasteiger partial charge on any atom is -0.376 e. The number of anilines is 1. The van der Waals surface area contributed by atoms with Gasteiger partial charge in [0.15, 0.2) is 0 Å². The van der Waals surface area contributed by atoms with Crippen LogP contribution in [0.4, 0.5) is 5.69 Å². The van der Waals surface area contributed by atoms with Gasteiger partial charge in [0.25, 0.3) is 0 Å². The Balaban J connectivity index is 1.55. The van der Waals surface area contributed by atoms with Gasteiger partial charge in [-0.1, -0.05) is 24.3 Å². The summed E-state index contributed by atoms with van der Waals surface area (Å²) in [5.74, 6) is 0. The molecule has 0 saturated carbocycles. The van der Waals surface area contributed by atoms with Crippen LogP contribution in [0.15, 0.2) is 60.8 Å². The van der Waals surface area contributed by atoms with Crippen molar-refractivity contribution in [3.05, 3.63) is 77.6 Å².